The minimum Gasteiger partial charge on any atom is -0.326 e. The van der Waals surface area contributed by atoms with E-state index in [-0.39, 0.29) is 23.7 Å². The van der Waals surface area contributed by atoms with Crippen LogP contribution in [0, 0.1) is 11.7 Å². The fourth-order valence-electron chi connectivity index (χ4n) is 3.19. The highest BCUT2D eigenvalue weighted by Gasteiger charge is 2.35. The quantitative estimate of drug-likeness (QED) is 0.676. The van der Waals surface area contributed by atoms with Crippen molar-refractivity contribution in [1.82, 2.24) is 4.31 Å². The molecule has 1 aliphatic heterocycles. The minimum atomic E-state index is -4.68. The topological polar surface area (TPSA) is 66.5 Å². The number of alkyl halides is 3. The fourth-order valence-corrected chi connectivity index (χ4v) is 4.94. The molecule has 3 rings (SSSR count). The lowest BCUT2D eigenvalue weighted by molar-refractivity contribution is -0.137. The first-order valence-corrected chi connectivity index (χ1v) is 10.7. The van der Waals surface area contributed by atoms with Gasteiger partial charge < -0.3 is 5.32 Å². The van der Waals surface area contributed by atoms with E-state index in [1.165, 1.54) is 6.07 Å². The molecule has 2 aromatic carbocycles. The molecule has 1 fully saturated rings. The molecule has 1 heterocycles. The molecule has 162 valence electrons. The molecule has 5 nitrogen and oxygen atoms in total. The second-order valence-corrected chi connectivity index (χ2v) is 9.18. The van der Waals surface area contributed by atoms with Crippen molar-refractivity contribution in [2.24, 2.45) is 5.92 Å². The van der Waals surface area contributed by atoms with E-state index in [4.69, 9.17) is 11.6 Å². The van der Waals surface area contributed by atoms with Gasteiger partial charge in [0.2, 0.25) is 15.9 Å². The molecule has 0 spiro atoms. The number of carbonyl (C=O) groups is 1. The first-order chi connectivity index (χ1) is 14.0. The Balaban J connectivity index is 1.74. The molecule has 0 aromatic heterocycles. The Hall–Kier alpha value is -2.17. The number of benzene rings is 2. The predicted octanol–water partition coefficient (Wildman–Crippen LogP) is 4.54. The van der Waals surface area contributed by atoms with Crippen molar-refractivity contribution < 1.29 is 30.8 Å². The van der Waals surface area contributed by atoms with Crippen LogP contribution in [0.1, 0.15) is 18.4 Å². The summed E-state index contributed by atoms with van der Waals surface area (Å²) in [5.41, 5.74) is -1.17. The molecule has 0 radical (unpaired) electrons. The molecule has 2 aromatic rings. The zero-order chi connectivity index (χ0) is 22.1. The van der Waals surface area contributed by atoms with Crippen LogP contribution in [0.5, 0.6) is 0 Å². The zero-order valence-electron chi connectivity index (χ0n) is 15.4. The summed E-state index contributed by atoms with van der Waals surface area (Å²) in [6, 6.07) is 7.34. The highest BCUT2D eigenvalue weighted by Crippen LogP contribution is 2.36. The predicted molar refractivity (Wildman–Crippen MR) is 103 cm³/mol. The van der Waals surface area contributed by atoms with Gasteiger partial charge in [0.25, 0.3) is 0 Å². The van der Waals surface area contributed by atoms with E-state index in [9.17, 15) is 30.8 Å². The van der Waals surface area contributed by atoms with Gasteiger partial charge in [-0.2, -0.15) is 17.5 Å². The number of halogens is 5. The van der Waals surface area contributed by atoms with Gasteiger partial charge in [0, 0.05) is 18.8 Å². The van der Waals surface area contributed by atoms with Gasteiger partial charge in [-0.15, -0.1) is 0 Å². The number of nitrogens with zero attached hydrogens (tertiary/aromatic N) is 1. The third kappa shape index (κ3) is 4.93. The summed E-state index contributed by atoms with van der Waals surface area (Å²) in [5, 5.41) is 1.91. The van der Waals surface area contributed by atoms with Crippen LogP contribution in [-0.4, -0.2) is 31.7 Å². The Morgan fingerprint density at radius 1 is 1.13 bits per heavy atom. The molecule has 30 heavy (non-hydrogen) atoms. The lowest BCUT2D eigenvalue weighted by atomic mass is 9.98. The van der Waals surface area contributed by atoms with Crippen LogP contribution in [-0.2, 0) is 21.0 Å². The van der Waals surface area contributed by atoms with Crippen molar-refractivity contribution in [2.75, 3.05) is 18.4 Å². The Morgan fingerprint density at radius 2 is 1.80 bits per heavy atom. The van der Waals surface area contributed by atoms with E-state index in [0.29, 0.717) is 12.8 Å². The van der Waals surface area contributed by atoms with Crippen molar-refractivity contribution in [2.45, 2.75) is 23.9 Å². The maximum Gasteiger partial charge on any atom is 0.417 e. The number of nitrogens with one attached hydrogen (secondary N) is 1. The van der Waals surface area contributed by atoms with Crippen LogP contribution in [0.2, 0.25) is 5.02 Å². The van der Waals surface area contributed by atoms with Crippen LogP contribution in [0.25, 0.3) is 0 Å². The van der Waals surface area contributed by atoms with E-state index in [1.807, 2.05) is 0 Å². The van der Waals surface area contributed by atoms with Gasteiger partial charge >= 0.3 is 6.18 Å². The number of amides is 1. The number of hydrogen-bond donors (Lipinski definition) is 1. The average molecular weight is 465 g/mol. The van der Waals surface area contributed by atoms with Gasteiger partial charge in [-0.1, -0.05) is 11.6 Å². The highest BCUT2D eigenvalue weighted by atomic mass is 35.5. The highest BCUT2D eigenvalue weighted by molar-refractivity contribution is 7.89. The second kappa shape index (κ2) is 8.52. The average Bonchev–Trinajstić information content (AvgIpc) is 2.69. The van der Waals surface area contributed by atoms with E-state index in [0.717, 1.165) is 40.7 Å². The first kappa shape index (κ1) is 22.5. The van der Waals surface area contributed by atoms with Crippen LogP contribution in [0.3, 0.4) is 0 Å². The largest absolute Gasteiger partial charge is 0.417 e. The van der Waals surface area contributed by atoms with Crippen LogP contribution in [0.4, 0.5) is 23.2 Å². The maximum absolute atomic E-state index is 13.1. The molecule has 1 amide bonds. The molecule has 1 aliphatic rings. The summed E-state index contributed by atoms with van der Waals surface area (Å²) >= 11 is 5.57. The summed E-state index contributed by atoms with van der Waals surface area (Å²) in [4.78, 5) is 12.5. The minimum absolute atomic E-state index is 0.0877. The summed E-state index contributed by atoms with van der Waals surface area (Å²) in [5.74, 6) is -1.92. The number of anilines is 1. The lowest BCUT2D eigenvalue weighted by Gasteiger charge is -2.31. The van der Waals surface area contributed by atoms with Gasteiger partial charge in [0.1, 0.15) is 5.82 Å². The first-order valence-electron chi connectivity index (χ1n) is 8.92. The molecule has 0 saturated carbocycles. The molecule has 1 atom stereocenters. The third-order valence-electron chi connectivity index (χ3n) is 4.75. The molecule has 0 bridgehead atoms. The molecular weight excluding hydrogens is 448 g/mol. The number of sulfonamides is 1. The Bertz CT molecular complexity index is 1040. The molecule has 0 unspecified atom stereocenters. The summed E-state index contributed by atoms with van der Waals surface area (Å²) in [6.45, 7) is 0.0495. The van der Waals surface area contributed by atoms with Crippen molar-refractivity contribution in [3.8, 4) is 0 Å². The molecule has 1 saturated heterocycles. The second-order valence-electron chi connectivity index (χ2n) is 6.84. The normalized spacial score (nSPS) is 18.2. The maximum atomic E-state index is 13.1. The SMILES string of the molecule is O=C(Nc1ccc(Cl)c(C(F)(F)F)c1)[C@@H]1CCCN(S(=O)(=O)c2ccc(F)cc2)C1. The lowest BCUT2D eigenvalue weighted by Crippen LogP contribution is -2.43. The number of carbonyl (C=O) groups excluding carboxylic acids is 1. The monoisotopic (exact) mass is 464 g/mol. The zero-order valence-corrected chi connectivity index (χ0v) is 17.0. The van der Waals surface area contributed by atoms with Gasteiger partial charge in [-0.3, -0.25) is 4.79 Å². The van der Waals surface area contributed by atoms with Crippen LogP contribution < -0.4 is 5.32 Å². The fraction of sp³-hybridized carbons (Fsp3) is 0.316. The van der Waals surface area contributed by atoms with Crippen LogP contribution in [0.15, 0.2) is 47.4 Å². The Morgan fingerprint density at radius 3 is 2.43 bits per heavy atom. The van der Waals surface area contributed by atoms with Crippen molar-refractivity contribution in [3.05, 3.63) is 58.9 Å². The van der Waals surface area contributed by atoms with E-state index in [2.05, 4.69) is 5.32 Å². The molecular formula is C19H17ClF4N2O3S. The van der Waals surface area contributed by atoms with Crippen molar-refractivity contribution in [3.63, 3.8) is 0 Å². The summed E-state index contributed by atoms with van der Waals surface area (Å²) < 4.78 is 78.7. The van der Waals surface area contributed by atoms with Gasteiger partial charge in [-0.25, -0.2) is 12.8 Å². The van der Waals surface area contributed by atoms with Crippen molar-refractivity contribution >= 4 is 33.2 Å². The van der Waals surface area contributed by atoms with Gasteiger partial charge in [0.05, 0.1) is 21.4 Å². The van der Waals surface area contributed by atoms with Gasteiger partial charge in [-0.05, 0) is 55.3 Å². The standard InChI is InChI=1S/C19H17ClF4N2O3S/c20-17-8-5-14(10-16(17)19(22,23)24)25-18(27)12-2-1-9-26(11-12)30(28,29)15-6-3-13(21)4-7-15/h3-8,10,12H,1-2,9,11H2,(H,25,27)/t12-/m1/s1. The number of hydrogen-bond acceptors (Lipinski definition) is 3. The molecule has 11 heteroatoms. The molecule has 0 aliphatic carbocycles. The van der Waals surface area contributed by atoms with E-state index >= 15 is 0 Å². The smallest absolute Gasteiger partial charge is 0.326 e. The van der Waals surface area contributed by atoms with Crippen LogP contribution >= 0.6 is 11.6 Å². The third-order valence-corrected chi connectivity index (χ3v) is 6.95. The molecule has 1 N–H and O–H groups in total. The summed E-state index contributed by atoms with van der Waals surface area (Å²) in [7, 11) is -3.93. The Labute approximate surface area is 175 Å². The number of piperidine rings is 1. The van der Waals surface area contributed by atoms with Crippen molar-refractivity contribution in [1.29, 1.82) is 0 Å². The number of rotatable bonds is 4. The van der Waals surface area contributed by atoms with Gasteiger partial charge in [0.15, 0.2) is 0 Å². The Kier molecular flexibility index (Phi) is 6.40. The summed E-state index contributed by atoms with van der Waals surface area (Å²) in [6.07, 6.45) is -3.91. The van der Waals surface area contributed by atoms with E-state index < -0.39 is 44.4 Å². The van der Waals surface area contributed by atoms with E-state index in [1.54, 1.807) is 0 Å².